The summed E-state index contributed by atoms with van der Waals surface area (Å²) in [5.41, 5.74) is 1.24. The van der Waals surface area contributed by atoms with Crippen molar-refractivity contribution in [3.63, 3.8) is 0 Å². The number of amides is 2. The molecular formula is C17H19BN2O7S. The molecule has 11 heteroatoms. The molecule has 9 nitrogen and oxygen atoms in total. The Labute approximate surface area is 165 Å². The van der Waals surface area contributed by atoms with Gasteiger partial charge < -0.3 is 29.4 Å². The molecule has 0 radical (unpaired) electrons. The lowest BCUT2D eigenvalue weighted by atomic mass is 9.79. The number of ether oxygens (including phenoxy) is 1. The topological polar surface area (TPSA) is 114 Å². The van der Waals surface area contributed by atoms with E-state index in [-0.39, 0.29) is 5.91 Å². The zero-order chi connectivity index (χ0) is 20.0. The molecule has 0 saturated carbocycles. The standard InChI is InChI=1S/C17H19BN2O7S/c1-8(21)19-10-5-3-4-9(6-10)18-26-13-12(22)15(23)20-11(17(24)25-2)7-28-16(20)14(13)27-18/h3-6,11-14,16,22H,7H2,1-2H3,(H,19,21)/t11-,12+,13-,14-,16-/m0/s1. The van der Waals surface area contributed by atoms with Crippen LogP contribution in [-0.4, -0.2) is 77.5 Å². The first-order chi connectivity index (χ1) is 13.4. The van der Waals surface area contributed by atoms with Crippen LogP contribution in [0, 0.1) is 0 Å². The number of rotatable bonds is 3. The Kier molecular flexibility index (Phi) is 5.08. The minimum absolute atomic E-state index is 0.202. The minimum Gasteiger partial charge on any atom is -0.467 e. The summed E-state index contributed by atoms with van der Waals surface area (Å²) in [6, 6.07) is 6.22. The maximum Gasteiger partial charge on any atom is 0.494 e. The largest absolute Gasteiger partial charge is 0.494 e. The van der Waals surface area contributed by atoms with Gasteiger partial charge in [0.05, 0.1) is 7.11 Å². The first-order valence-corrected chi connectivity index (χ1v) is 9.83. The third-order valence-corrected chi connectivity index (χ3v) is 6.32. The maximum atomic E-state index is 12.7. The molecule has 3 saturated heterocycles. The van der Waals surface area contributed by atoms with Gasteiger partial charge in [0.15, 0.2) is 6.10 Å². The number of nitrogens with zero attached hydrogens (tertiary/aromatic N) is 1. The number of methoxy groups -OCH3 is 1. The highest BCUT2D eigenvalue weighted by Gasteiger charge is 2.60. The molecule has 28 heavy (non-hydrogen) atoms. The van der Waals surface area contributed by atoms with Gasteiger partial charge >= 0.3 is 13.1 Å². The number of carbonyl (C=O) groups excluding carboxylic acids is 3. The molecular weight excluding hydrogens is 387 g/mol. The molecule has 3 fully saturated rings. The molecule has 1 aromatic rings. The number of thioether (sulfide) groups is 1. The molecule has 0 aliphatic carbocycles. The van der Waals surface area contributed by atoms with Crippen molar-refractivity contribution >= 4 is 47.8 Å². The Morgan fingerprint density at radius 1 is 1.36 bits per heavy atom. The van der Waals surface area contributed by atoms with Crippen molar-refractivity contribution in [3.8, 4) is 0 Å². The summed E-state index contributed by atoms with van der Waals surface area (Å²) in [4.78, 5) is 37.3. The zero-order valence-electron chi connectivity index (χ0n) is 15.2. The molecule has 0 bridgehead atoms. The summed E-state index contributed by atoms with van der Waals surface area (Å²) < 4.78 is 16.7. The van der Waals surface area contributed by atoms with E-state index in [4.69, 9.17) is 14.0 Å². The first kappa shape index (κ1) is 19.3. The first-order valence-electron chi connectivity index (χ1n) is 8.79. The minimum atomic E-state index is -1.43. The van der Waals surface area contributed by atoms with E-state index in [9.17, 15) is 19.5 Å². The highest BCUT2D eigenvalue weighted by atomic mass is 32.2. The number of benzene rings is 1. The van der Waals surface area contributed by atoms with Crippen molar-refractivity contribution in [2.75, 3.05) is 18.2 Å². The van der Waals surface area contributed by atoms with E-state index in [1.165, 1.54) is 30.7 Å². The summed E-state index contributed by atoms with van der Waals surface area (Å²) in [7, 11) is 0.463. The van der Waals surface area contributed by atoms with Gasteiger partial charge in [-0.05, 0) is 17.6 Å². The van der Waals surface area contributed by atoms with E-state index in [1.807, 2.05) is 0 Å². The lowest BCUT2D eigenvalue weighted by Gasteiger charge is -2.40. The molecule has 5 atom stereocenters. The molecule has 2 N–H and O–H groups in total. The number of carbonyl (C=O) groups is 3. The average molecular weight is 406 g/mol. The van der Waals surface area contributed by atoms with Gasteiger partial charge in [-0.2, -0.15) is 0 Å². The van der Waals surface area contributed by atoms with Gasteiger partial charge in [0.1, 0.15) is 23.6 Å². The summed E-state index contributed by atoms with van der Waals surface area (Å²) >= 11 is 1.40. The number of aliphatic hydroxyl groups excluding tert-OH is 1. The number of esters is 1. The van der Waals surface area contributed by atoms with Gasteiger partial charge in [-0.1, -0.05) is 12.1 Å². The average Bonchev–Trinajstić information content (AvgIpc) is 3.30. The van der Waals surface area contributed by atoms with Crippen LogP contribution in [0.4, 0.5) is 5.69 Å². The van der Waals surface area contributed by atoms with Crippen molar-refractivity contribution < 1.29 is 33.5 Å². The zero-order valence-corrected chi connectivity index (χ0v) is 16.0. The summed E-state index contributed by atoms with van der Waals surface area (Å²) in [5.74, 6) is -0.923. The van der Waals surface area contributed by atoms with Crippen LogP contribution < -0.4 is 10.8 Å². The van der Waals surface area contributed by atoms with Crippen LogP contribution in [0.15, 0.2) is 24.3 Å². The predicted octanol–water partition coefficient (Wildman–Crippen LogP) is -1.06. The molecule has 0 spiro atoms. The summed E-state index contributed by atoms with van der Waals surface area (Å²) in [6.07, 6.45) is -2.87. The Morgan fingerprint density at radius 3 is 2.82 bits per heavy atom. The Bertz CT molecular complexity index is 824. The molecule has 3 aliphatic heterocycles. The number of nitrogens with one attached hydrogen (secondary N) is 1. The highest BCUT2D eigenvalue weighted by Crippen LogP contribution is 2.42. The number of hydrogen-bond donors (Lipinski definition) is 2. The lowest BCUT2D eigenvalue weighted by molar-refractivity contribution is -0.166. The quantitative estimate of drug-likeness (QED) is 0.483. The van der Waals surface area contributed by atoms with E-state index < -0.39 is 48.7 Å². The Morgan fingerprint density at radius 2 is 2.11 bits per heavy atom. The second-order valence-corrected chi connectivity index (χ2v) is 7.94. The van der Waals surface area contributed by atoms with Crippen molar-refractivity contribution in [2.24, 2.45) is 0 Å². The van der Waals surface area contributed by atoms with E-state index in [2.05, 4.69) is 5.32 Å². The molecule has 0 unspecified atom stereocenters. The molecule has 148 valence electrons. The second-order valence-electron chi connectivity index (χ2n) is 6.79. The van der Waals surface area contributed by atoms with Gasteiger partial charge in [0.2, 0.25) is 5.91 Å². The van der Waals surface area contributed by atoms with Crippen LogP contribution in [0.3, 0.4) is 0 Å². The van der Waals surface area contributed by atoms with Gasteiger partial charge in [0, 0.05) is 18.4 Å². The van der Waals surface area contributed by atoms with Crippen molar-refractivity contribution in [1.29, 1.82) is 0 Å². The lowest BCUT2D eigenvalue weighted by Crippen LogP contribution is -2.63. The normalized spacial score (nSPS) is 31.4. The molecule has 4 rings (SSSR count). The monoisotopic (exact) mass is 406 g/mol. The third-order valence-electron chi connectivity index (χ3n) is 4.97. The molecule has 3 aliphatic rings. The van der Waals surface area contributed by atoms with Crippen LogP contribution in [0.2, 0.25) is 0 Å². The molecule has 2 amide bonds. The highest BCUT2D eigenvalue weighted by molar-refractivity contribution is 8.00. The smallest absolute Gasteiger partial charge is 0.467 e. The van der Waals surface area contributed by atoms with Crippen molar-refractivity contribution in [3.05, 3.63) is 24.3 Å². The van der Waals surface area contributed by atoms with E-state index in [0.29, 0.717) is 16.9 Å². The van der Waals surface area contributed by atoms with E-state index >= 15 is 0 Å². The van der Waals surface area contributed by atoms with E-state index in [1.54, 1.807) is 24.3 Å². The summed E-state index contributed by atoms with van der Waals surface area (Å²) in [6.45, 7) is 1.41. The predicted molar refractivity (Wildman–Crippen MR) is 101 cm³/mol. The molecule has 0 aromatic heterocycles. The van der Waals surface area contributed by atoms with Crippen molar-refractivity contribution in [2.45, 2.75) is 36.7 Å². The summed E-state index contributed by atoms with van der Waals surface area (Å²) in [5, 5.41) is 12.7. The second kappa shape index (κ2) is 7.39. The van der Waals surface area contributed by atoms with Crippen LogP contribution in [0.25, 0.3) is 0 Å². The Hall–Kier alpha value is -2.08. The van der Waals surface area contributed by atoms with Crippen LogP contribution in [0.1, 0.15) is 6.92 Å². The number of anilines is 1. The fraction of sp³-hybridized carbons (Fsp3) is 0.471. The Balaban J connectivity index is 1.57. The molecule has 3 heterocycles. The van der Waals surface area contributed by atoms with Gasteiger partial charge in [-0.3, -0.25) is 9.59 Å². The van der Waals surface area contributed by atoms with Crippen LogP contribution in [-0.2, 0) is 28.4 Å². The van der Waals surface area contributed by atoms with Crippen LogP contribution >= 0.6 is 11.8 Å². The third kappa shape index (κ3) is 3.18. The van der Waals surface area contributed by atoms with Gasteiger partial charge in [0.25, 0.3) is 5.91 Å². The fourth-order valence-electron chi connectivity index (χ4n) is 3.75. The van der Waals surface area contributed by atoms with E-state index in [0.717, 1.165) is 0 Å². The number of aliphatic hydroxyl groups is 1. The maximum absolute atomic E-state index is 12.7. The van der Waals surface area contributed by atoms with Gasteiger partial charge in [-0.25, -0.2) is 4.79 Å². The van der Waals surface area contributed by atoms with Crippen molar-refractivity contribution in [1.82, 2.24) is 4.90 Å². The SMILES string of the molecule is COC(=O)[C@@H]1CS[C@H]2[C@H]3OB(c4cccc(NC(C)=O)c4)O[C@H]3[C@@H](O)C(=O)N12. The molecule has 1 aromatic carbocycles. The van der Waals surface area contributed by atoms with Crippen LogP contribution in [0.5, 0.6) is 0 Å². The number of hydrogen-bond acceptors (Lipinski definition) is 8. The van der Waals surface area contributed by atoms with Gasteiger partial charge in [-0.15, -0.1) is 11.8 Å². The number of fused-ring (bicyclic) bond motifs is 3. The number of piperidine rings is 1. The fourth-order valence-corrected chi connectivity index (χ4v) is 5.25.